The minimum Gasteiger partial charge on any atom is -0.341 e. The maximum atomic E-state index is 13.0. The van der Waals surface area contributed by atoms with Gasteiger partial charge < -0.3 is 4.90 Å². The van der Waals surface area contributed by atoms with E-state index in [4.69, 9.17) is 0 Å². The van der Waals surface area contributed by atoms with Crippen LogP contribution < -0.4 is 5.56 Å². The number of thiophene rings is 1. The van der Waals surface area contributed by atoms with Crippen LogP contribution in [0.5, 0.6) is 0 Å². The van der Waals surface area contributed by atoms with Gasteiger partial charge in [0.1, 0.15) is 6.54 Å². The fraction of sp³-hybridized carbons (Fsp3) is 0.450. The summed E-state index contributed by atoms with van der Waals surface area (Å²) in [5.74, 6) is 0.978. The van der Waals surface area contributed by atoms with Crippen molar-refractivity contribution in [2.75, 3.05) is 13.1 Å². The van der Waals surface area contributed by atoms with Crippen molar-refractivity contribution in [1.82, 2.24) is 14.7 Å². The lowest BCUT2D eigenvalue weighted by Gasteiger charge is -2.35. The topological polar surface area (TPSA) is 55.2 Å². The van der Waals surface area contributed by atoms with Crippen LogP contribution in [0.4, 0.5) is 0 Å². The Hall–Kier alpha value is -2.21. The third kappa shape index (κ3) is 2.92. The highest BCUT2D eigenvalue weighted by Crippen LogP contribution is 2.32. The minimum atomic E-state index is -0.172. The number of aryl methyl sites for hydroxylation is 1. The van der Waals surface area contributed by atoms with E-state index in [1.54, 1.807) is 11.3 Å². The van der Waals surface area contributed by atoms with Crippen LogP contribution in [0.1, 0.15) is 26.0 Å². The molecule has 1 aliphatic rings. The Labute approximate surface area is 156 Å². The first kappa shape index (κ1) is 17.2. The molecule has 136 valence electrons. The van der Waals surface area contributed by atoms with Crippen molar-refractivity contribution in [1.29, 1.82) is 0 Å². The largest absolute Gasteiger partial charge is 0.341 e. The minimum absolute atomic E-state index is 0.0131. The van der Waals surface area contributed by atoms with Crippen LogP contribution in [0.15, 0.2) is 29.1 Å². The van der Waals surface area contributed by atoms with E-state index >= 15 is 0 Å². The SMILES string of the molecule is Cc1nn(CC(=O)N2CC(C)CC(C)C2)c(=O)c2c1sc1ccccc12. The van der Waals surface area contributed by atoms with Crippen LogP contribution in [-0.4, -0.2) is 33.7 Å². The Morgan fingerprint density at radius 2 is 1.92 bits per heavy atom. The number of hydrogen-bond acceptors (Lipinski definition) is 4. The quantitative estimate of drug-likeness (QED) is 0.695. The van der Waals surface area contributed by atoms with E-state index in [-0.39, 0.29) is 18.0 Å². The number of carbonyl (C=O) groups excluding carboxylic acids is 1. The molecule has 1 saturated heterocycles. The van der Waals surface area contributed by atoms with Crippen molar-refractivity contribution in [2.45, 2.75) is 33.7 Å². The lowest BCUT2D eigenvalue weighted by atomic mass is 9.92. The van der Waals surface area contributed by atoms with Crippen LogP contribution in [0.3, 0.4) is 0 Å². The van der Waals surface area contributed by atoms with Crippen molar-refractivity contribution in [3.8, 4) is 0 Å². The van der Waals surface area contributed by atoms with E-state index in [1.807, 2.05) is 36.1 Å². The third-order valence-corrected chi connectivity index (χ3v) is 6.43. The zero-order valence-electron chi connectivity index (χ0n) is 15.4. The Bertz CT molecular complexity index is 1040. The molecule has 0 spiro atoms. The fourth-order valence-electron chi connectivity index (χ4n) is 4.12. The number of rotatable bonds is 2. The van der Waals surface area contributed by atoms with Crippen LogP contribution in [0, 0.1) is 18.8 Å². The highest BCUT2D eigenvalue weighted by molar-refractivity contribution is 7.26. The van der Waals surface area contributed by atoms with Crippen molar-refractivity contribution in [3.05, 3.63) is 40.3 Å². The van der Waals surface area contributed by atoms with E-state index in [0.29, 0.717) is 17.2 Å². The predicted molar refractivity (Wildman–Crippen MR) is 106 cm³/mol. The Kier molecular flexibility index (Phi) is 4.31. The van der Waals surface area contributed by atoms with Gasteiger partial charge in [-0.2, -0.15) is 5.10 Å². The number of carbonyl (C=O) groups is 1. The second-order valence-corrected chi connectivity index (χ2v) is 8.65. The normalized spacial score (nSPS) is 20.8. The van der Waals surface area contributed by atoms with Gasteiger partial charge in [-0.1, -0.05) is 32.0 Å². The summed E-state index contributed by atoms with van der Waals surface area (Å²) in [6, 6.07) is 7.90. The number of aromatic nitrogens is 2. The van der Waals surface area contributed by atoms with Gasteiger partial charge in [0.25, 0.3) is 5.56 Å². The predicted octanol–water partition coefficient (Wildman–Crippen LogP) is 3.42. The van der Waals surface area contributed by atoms with Crippen molar-refractivity contribution in [2.24, 2.45) is 11.8 Å². The Morgan fingerprint density at radius 1 is 1.23 bits per heavy atom. The number of benzene rings is 1. The molecule has 3 heterocycles. The summed E-state index contributed by atoms with van der Waals surface area (Å²) in [6.45, 7) is 7.80. The van der Waals surface area contributed by atoms with Gasteiger partial charge >= 0.3 is 0 Å². The average Bonchev–Trinajstić information content (AvgIpc) is 2.99. The van der Waals surface area contributed by atoms with Gasteiger partial charge in [0, 0.05) is 23.2 Å². The summed E-state index contributed by atoms with van der Waals surface area (Å²) >= 11 is 1.59. The molecule has 0 N–H and O–H groups in total. The van der Waals surface area contributed by atoms with Gasteiger partial charge in [-0.25, -0.2) is 4.68 Å². The number of amides is 1. The zero-order chi connectivity index (χ0) is 18.4. The van der Waals surface area contributed by atoms with Gasteiger partial charge in [0.05, 0.1) is 15.8 Å². The first-order chi connectivity index (χ1) is 12.4. The highest BCUT2D eigenvalue weighted by Gasteiger charge is 2.26. The van der Waals surface area contributed by atoms with E-state index in [2.05, 4.69) is 18.9 Å². The molecule has 4 rings (SSSR count). The molecule has 2 unspecified atom stereocenters. The second kappa shape index (κ2) is 6.50. The van der Waals surface area contributed by atoms with Crippen LogP contribution in [0.25, 0.3) is 20.2 Å². The molecule has 26 heavy (non-hydrogen) atoms. The van der Waals surface area contributed by atoms with Gasteiger partial charge in [-0.05, 0) is 31.2 Å². The first-order valence-corrected chi connectivity index (χ1v) is 9.92. The van der Waals surface area contributed by atoms with E-state index in [1.165, 1.54) is 4.68 Å². The number of likely N-dealkylation sites (tertiary alicyclic amines) is 1. The molecule has 3 aromatic rings. The molecule has 1 aliphatic heterocycles. The van der Waals surface area contributed by atoms with Gasteiger partial charge in [0.15, 0.2) is 0 Å². The molecule has 6 heteroatoms. The molecular formula is C20H23N3O2S. The summed E-state index contributed by atoms with van der Waals surface area (Å²) in [7, 11) is 0. The monoisotopic (exact) mass is 369 g/mol. The summed E-state index contributed by atoms with van der Waals surface area (Å²) in [4.78, 5) is 27.7. The summed E-state index contributed by atoms with van der Waals surface area (Å²) < 4.78 is 3.34. The maximum absolute atomic E-state index is 13.0. The van der Waals surface area contributed by atoms with Crippen molar-refractivity contribution < 1.29 is 4.79 Å². The Morgan fingerprint density at radius 3 is 2.65 bits per heavy atom. The second-order valence-electron chi connectivity index (χ2n) is 7.60. The molecule has 0 aliphatic carbocycles. The molecular weight excluding hydrogens is 346 g/mol. The molecule has 2 atom stereocenters. The summed E-state index contributed by atoms with van der Waals surface area (Å²) in [6.07, 6.45) is 1.15. The molecule has 1 aromatic carbocycles. The lowest BCUT2D eigenvalue weighted by molar-refractivity contribution is -0.134. The first-order valence-electron chi connectivity index (χ1n) is 9.10. The molecule has 0 radical (unpaired) electrons. The van der Waals surface area contributed by atoms with Gasteiger partial charge in [-0.3, -0.25) is 9.59 Å². The maximum Gasteiger partial charge on any atom is 0.276 e. The van der Waals surface area contributed by atoms with Gasteiger partial charge in [-0.15, -0.1) is 11.3 Å². The van der Waals surface area contributed by atoms with Crippen LogP contribution in [0.2, 0.25) is 0 Å². The molecule has 0 saturated carbocycles. The summed E-state index contributed by atoms with van der Waals surface area (Å²) in [5, 5.41) is 6.07. The molecule has 1 fully saturated rings. The Balaban J connectivity index is 1.73. The third-order valence-electron chi connectivity index (χ3n) is 5.15. The summed E-state index contributed by atoms with van der Waals surface area (Å²) in [5.41, 5.74) is 0.628. The van der Waals surface area contributed by atoms with E-state index in [9.17, 15) is 9.59 Å². The average molecular weight is 369 g/mol. The molecule has 2 aromatic heterocycles. The smallest absolute Gasteiger partial charge is 0.276 e. The molecule has 0 bridgehead atoms. The number of nitrogens with zero attached hydrogens (tertiary/aromatic N) is 3. The van der Waals surface area contributed by atoms with Crippen molar-refractivity contribution >= 4 is 37.4 Å². The van der Waals surface area contributed by atoms with E-state index < -0.39 is 0 Å². The fourth-order valence-corrected chi connectivity index (χ4v) is 5.25. The number of hydrogen-bond donors (Lipinski definition) is 0. The zero-order valence-corrected chi connectivity index (χ0v) is 16.2. The van der Waals surface area contributed by atoms with Crippen molar-refractivity contribution in [3.63, 3.8) is 0 Å². The number of piperidine rings is 1. The standard InChI is InChI=1S/C20H23N3O2S/c1-12-8-13(2)10-22(9-12)17(24)11-23-20(25)18-15-6-4-5-7-16(15)26-19(18)14(3)21-23/h4-7,12-13H,8-11H2,1-3H3. The number of fused-ring (bicyclic) bond motifs is 3. The molecule has 5 nitrogen and oxygen atoms in total. The van der Waals surface area contributed by atoms with Gasteiger partial charge in [0.2, 0.25) is 5.91 Å². The lowest BCUT2D eigenvalue weighted by Crippen LogP contribution is -2.45. The van der Waals surface area contributed by atoms with E-state index in [0.717, 1.165) is 40.0 Å². The highest BCUT2D eigenvalue weighted by atomic mass is 32.1. The van der Waals surface area contributed by atoms with Crippen LogP contribution in [-0.2, 0) is 11.3 Å². The molecule has 1 amide bonds. The van der Waals surface area contributed by atoms with Crippen LogP contribution >= 0.6 is 11.3 Å².